The van der Waals surface area contributed by atoms with Crippen molar-refractivity contribution in [3.05, 3.63) is 42.0 Å². The van der Waals surface area contributed by atoms with E-state index in [0.717, 1.165) is 16.8 Å². The Kier molecular flexibility index (Phi) is 3.99. The van der Waals surface area contributed by atoms with E-state index >= 15 is 0 Å². The molecule has 104 valence electrons. The third-order valence-electron chi connectivity index (χ3n) is 3.25. The molecule has 1 unspecified atom stereocenters. The van der Waals surface area contributed by atoms with Gasteiger partial charge in [0.1, 0.15) is 6.04 Å². The molecule has 0 saturated carbocycles. The molecule has 1 heterocycles. The monoisotopic (exact) mass is 289 g/mol. The Bertz CT molecular complexity index is 589. The minimum Gasteiger partial charge on any atom is -0.417 e. The van der Waals surface area contributed by atoms with Crippen LogP contribution in [0.4, 0.5) is 5.69 Å². The highest BCUT2D eigenvalue weighted by Gasteiger charge is 2.38. The number of esters is 1. The van der Waals surface area contributed by atoms with Crippen LogP contribution in [0.25, 0.3) is 0 Å². The van der Waals surface area contributed by atoms with Gasteiger partial charge in [-0.3, -0.25) is 14.5 Å². The SMILES string of the molecule is C=CC(=O)N(c1c(C)cccc1C)C1CC(=O)OC1=S. The average molecular weight is 289 g/mol. The van der Waals surface area contributed by atoms with Crippen LogP contribution in [-0.4, -0.2) is 23.0 Å². The Morgan fingerprint density at radius 3 is 2.50 bits per heavy atom. The van der Waals surface area contributed by atoms with Crippen molar-refractivity contribution >= 4 is 34.8 Å². The molecule has 1 amide bonds. The molecule has 1 aliphatic heterocycles. The Morgan fingerprint density at radius 2 is 2.05 bits per heavy atom. The number of rotatable bonds is 3. The minimum atomic E-state index is -0.553. The van der Waals surface area contributed by atoms with Crippen LogP contribution in [0.15, 0.2) is 30.9 Å². The van der Waals surface area contributed by atoms with Gasteiger partial charge in [0, 0.05) is 0 Å². The number of aryl methyl sites for hydroxylation is 2. The lowest BCUT2D eigenvalue weighted by Gasteiger charge is -2.29. The summed E-state index contributed by atoms with van der Waals surface area (Å²) in [6.45, 7) is 7.34. The van der Waals surface area contributed by atoms with Gasteiger partial charge < -0.3 is 4.74 Å². The maximum Gasteiger partial charge on any atom is 0.314 e. The van der Waals surface area contributed by atoms with Gasteiger partial charge in [-0.05, 0) is 43.3 Å². The first-order chi connectivity index (χ1) is 9.45. The van der Waals surface area contributed by atoms with Gasteiger partial charge in [-0.1, -0.05) is 24.8 Å². The summed E-state index contributed by atoms with van der Waals surface area (Å²) < 4.78 is 4.92. The molecule has 1 atom stereocenters. The predicted molar refractivity (Wildman–Crippen MR) is 80.7 cm³/mol. The van der Waals surface area contributed by atoms with Gasteiger partial charge in [-0.15, -0.1) is 0 Å². The Morgan fingerprint density at radius 1 is 1.45 bits per heavy atom. The van der Waals surface area contributed by atoms with E-state index in [0.29, 0.717) is 0 Å². The van der Waals surface area contributed by atoms with Crippen molar-refractivity contribution in [1.29, 1.82) is 0 Å². The number of carbonyl (C=O) groups is 2. The minimum absolute atomic E-state index is 0.0756. The number of nitrogens with zero attached hydrogens (tertiary/aromatic N) is 1. The second-order valence-electron chi connectivity index (χ2n) is 4.67. The van der Waals surface area contributed by atoms with Crippen LogP contribution in [0, 0.1) is 13.8 Å². The molecule has 0 bridgehead atoms. The largest absolute Gasteiger partial charge is 0.417 e. The summed E-state index contributed by atoms with van der Waals surface area (Å²) in [6, 6.07) is 5.18. The van der Waals surface area contributed by atoms with Gasteiger partial charge >= 0.3 is 5.97 Å². The fourth-order valence-corrected chi connectivity index (χ4v) is 2.65. The smallest absolute Gasteiger partial charge is 0.314 e. The lowest BCUT2D eigenvalue weighted by Crippen LogP contribution is -2.42. The molecule has 20 heavy (non-hydrogen) atoms. The zero-order valence-corrected chi connectivity index (χ0v) is 12.2. The molecular weight excluding hydrogens is 274 g/mol. The summed E-state index contributed by atoms with van der Waals surface area (Å²) in [5.41, 5.74) is 2.62. The number of hydrogen-bond donors (Lipinski definition) is 0. The lowest BCUT2D eigenvalue weighted by molar-refractivity contribution is -0.132. The van der Waals surface area contributed by atoms with E-state index in [9.17, 15) is 9.59 Å². The molecule has 1 saturated heterocycles. The van der Waals surface area contributed by atoms with E-state index in [-0.39, 0.29) is 17.4 Å². The molecule has 1 aliphatic rings. The molecular formula is C15H15NO3S. The molecule has 1 aromatic rings. The van der Waals surface area contributed by atoms with Gasteiger partial charge in [0.25, 0.3) is 5.91 Å². The molecule has 1 aromatic carbocycles. The molecule has 1 fully saturated rings. The molecule has 5 heteroatoms. The van der Waals surface area contributed by atoms with Crippen molar-refractivity contribution in [2.75, 3.05) is 4.90 Å². The van der Waals surface area contributed by atoms with Crippen molar-refractivity contribution in [2.24, 2.45) is 0 Å². The van der Waals surface area contributed by atoms with E-state index in [1.54, 1.807) is 0 Å². The van der Waals surface area contributed by atoms with Crippen LogP contribution in [-0.2, 0) is 14.3 Å². The zero-order valence-electron chi connectivity index (χ0n) is 11.4. The number of amides is 1. The van der Waals surface area contributed by atoms with Crippen LogP contribution in [0.3, 0.4) is 0 Å². The Hall–Kier alpha value is -2.01. The average Bonchev–Trinajstić information content (AvgIpc) is 2.72. The van der Waals surface area contributed by atoms with Gasteiger partial charge in [-0.2, -0.15) is 0 Å². The van der Waals surface area contributed by atoms with Crippen molar-refractivity contribution < 1.29 is 14.3 Å². The molecule has 0 spiro atoms. The standard InChI is InChI=1S/C15H15NO3S/c1-4-12(17)16(11-8-13(18)19-15(11)20)14-9(2)6-5-7-10(14)3/h4-7,11H,1,8H2,2-3H3. The van der Waals surface area contributed by atoms with Crippen LogP contribution < -0.4 is 4.90 Å². The molecule has 4 nitrogen and oxygen atoms in total. The van der Waals surface area contributed by atoms with Crippen LogP contribution in [0.1, 0.15) is 17.5 Å². The van der Waals surface area contributed by atoms with Gasteiger partial charge in [0.2, 0.25) is 0 Å². The van der Waals surface area contributed by atoms with Gasteiger partial charge in [0.05, 0.1) is 12.1 Å². The van der Waals surface area contributed by atoms with Gasteiger partial charge in [-0.25, -0.2) is 0 Å². The number of ether oxygens (including phenoxy) is 1. The van der Waals surface area contributed by atoms with Crippen molar-refractivity contribution in [2.45, 2.75) is 26.3 Å². The summed E-state index contributed by atoms with van der Waals surface area (Å²) in [5.74, 6) is -0.707. The normalized spacial score (nSPS) is 17.8. The van der Waals surface area contributed by atoms with Crippen LogP contribution in [0.2, 0.25) is 0 Å². The molecule has 0 aromatic heterocycles. The number of para-hydroxylation sites is 1. The Labute approximate surface area is 123 Å². The maximum absolute atomic E-state index is 12.2. The summed E-state index contributed by atoms with van der Waals surface area (Å²) in [7, 11) is 0. The van der Waals surface area contributed by atoms with E-state index in [1.807, 2.05) is 32.0 Å². The molecule has 2 rings (SSSR count). The zero-order chi connectivity index (χ0) is 14.9. The number of hydrogen-bond acceptors (Lipinski definition) is 4. The summed E-state index contributed by atoms with van der Waals surface area (Å²) >= 11 is 5.08. The van der Waals surface area contributed by atoms with E-state index in [2.05, 4.69) is 6.58 Å². The van der Waals surface area contributed by atoms with E-state index < -0.39 is 12.0 Å². The molecule has 0 radical (unpaired) electrons. The molecule has 0 N–H and O–H groups in total. The number of benzene rings is 1. The number of cyclic esters (lactones) is 1. The molecule has 0 aliphatic carbocycles. The number of anilines is 1. The highest BCUT2D eigenvalue weighted by atomic mass is 32.1. The fourth-order valence-electron chi connectivity index (χ4n) is 2.36. The van der Waals surface area contributed by atoms with Crippen molar-refractivity contribution in [3.8, 4) is 0 Å². The second kappa shape index (κ2) is 5.54. The first kappa shape index (κ1) is 14.4. The van der Waals surface area contributed by atoms with Gasteiger partial charge in [0.15, 0.2) is 5.05 Å². The number of carbonyl (C=O) groups excluding carboxylic acids is 2. The predicted octanol–water partition coefficient (Wildman–Crippen LogP) is 2.47. The van der Waals surface area contributed by atoms with Crippen molar-refractivity contribution in [3.63, 3.8) is 0 Å². The second-order valence-corrected chi connectivity index (χ2v) is 5.07. The summed E-state index contributed by atoms with van der Waals surface area (Å²) in [6.07, 6.45) is 1.30. The highest BCUT2D eigenvalue weighted by molar-refractivity contribution is 7.80. The van der Waals surface area contributed by atoms with E-state index in [1.165, 1.54) is 11.0 Å². The van der Waals surface area contributed by atoms with Crippen LogP contribution in [0.5, 0.6) is 0 Å². The first-order valence-corrected chi connectivity index (χ1v) is 6.63. The first-order valence-electron chi connectivity index (χ1n) is 6.22. The number of thiocarbonyl (C=S) groups is 1. The van der Waals surface area contributed by atoms with Crippen LogP contribution >= 0.6 is 12.2 Å². The topological polar surface area (TPSA) is 46.6 Å². The third kappa shape index (κ3) is 2.49. The third-order valence-corrected chi connectivity index (χ3v) is 3.61. The van der Waals surface area contributed by atoms with E-state index in [4.69, 9.17) is 17.0 Å². The maximum atomic E-state index is 12.2. The Balaban J connectivity index is 2.54. The quantitative estimate of drug-likeness (QED) is 0.487. The fraction of sp³-hybridized carbons (Fsp3) is 0.267. The summed E-state index contributed by atoms with van der Waals surface area (Å²) in [4.78, 5) is 25.1. The van der Waals surface area contributed by atoms with Crippen molar-refractivity contribution in [1.82, 2.24) is 0 Å². The summed E-state index contributed by atoms with van der Waals surface area (Å²) in [5, 5.41) is 0.132. The highest BCUT2D eigenvalue weighted by Crippen LogP contribution is 2.30. The lowest BCUT2D eigenvalue weighted by atomic mass is 10.0.